The monoisotopic (exact) mass is 265 g/mol. The summed E-state index contributed by atoms with van der Waals surface area (Å²) in [7, 11) is 0. The van der Waals surface area contributed by atoms with Crippen LogP contribution in [0.2, 0.25) is 0 Å². The number of anilines is 1. The summed E-state index contributed by atoms with van der Waals surface area (Å²) in [4.78, 5) is 4.48. The first-order chi connectivity index (χ1) is 8.69. The lowest BCUT2D eigenvalue weighted by molar-refractivity contribution is 0.271. The number of ether oxygens (including phenoxy) is 1. The second kappa shape index (κ2) is 6.02. The molecule has 5 heteroatoms. The maximum atomic E-state index is 5.70. The quantitative estimate of drug-likeness (QED) is 0.843. The number of benzene rings is 1. The van der Waals surface area contributed by atoms with Gasteiger partial charge in [-0.25, -0.2) is 4.98 Å². The van der Waals surface area contributed by atoms with E-state index in [2.05, 4.69) is 24.1 Å². The Labute approximate surface area is 111 Å². The van der Waals surface area contributed by atoms with E-state index in [-0.39, 0.29) is 0 Å². The van der Waals surface area contributed by atoms with Gasteiger partial charge in [-0.2, -0.15) is 0 Å². The van der Waals surface area contributed by atoms with Gasteiger partial charge in [-0.05, 0) is 24.1 Å². The minimum atomic E-state index is 0.531. The lowest BCUT2D eigenvalue weighted by Gasteiger charge is -2.07. The molecule has 0 aliphatic rings. The predicted octanol–water partition coefficient (Wildman–Crippen LogP) is 2.70. The van der Waals surface area contributed by atoms with Crippen molar-refractivity contribution >= 4 is 26.7 Å². The largest absolute Gasteiger partial charge is 0.493 e. The summed E-state index contributed by atoms with van der Waals surface area (Å²) in [6, 6.07) is 6.01. The number of rotatable bonds is 6. The van der Waals surface area contributed by atoms with Crippen molar-refractivity contribution in [3.63, 3.8) is 0 Å². The fraction of sp³-hybridized carbons (Fsp3) is 0.462. The molecule has 98 valence electrons. The average Bonchev–Trinajstić information content (AvgIpc) is 2.75. The van der Waals surface area contributed by atoms with Crippen LogP contribution < -0.4 is 15.8 Å². The third kappa shape index (κ3) is 3.34. The summed E-state index contributed by atoms with van der Waals surface area (Å²) in [5.74, 6) is 1.44. The zero-order valence-corrected chi connectivity index (χ0v) is 11.6. The zero-order valence-electron chi connectivity index (χ0n) is 10.8. The molecule has 0 bridgehead atoms. The Kier molecular flexibility index (Phi) is 4.38. The second-order valence-corrected chi connectivity index (χ2v) is 5.60. The van der Waals surface area contributed by atoms with E-state index in [0.717, 1.165) is 34.2 Å². The Morgan fingerprint density at radius 1 is 1.44 bits per heavy atom. The summed E-state index contributed by atoms with van der Waals surface area (Å²) in [5.41, 5.74) is 6.45. The Balaban J connectivity index is 2.12. The minimum Gasteiger partial charge on any atom is -0.493 e. The third-order valence-electron chi connectivity index (χ3n) is 2.36. The molecule has 2 rings (SSSR count). The van der Waals surface area contributed by atoms with Gasteiger partial charge < -0.3 is 15.8 Å². The first-order valence-corrected chi connectivity index (χ1v) is 6.98. The highest BCUT2D eigenvalue weighted by Crippen LogP contribution is 2.29. The van der Waals surface area contributed by atoms with Crippen LogP contribution in [0.1, 0.15) is 13.8 Å². The zero-order chi connectivity index (χ0) is 13.0. The number of nitrogens with one attached hydrogen (secondary N) is 1. The molecule has 0 aliphatic carbocycles. The van der Waals surface area contributed by atoms with Crippen LogP contribution in [0, 0.1) is 5.92 Å². The molecule has 2 aromatic rings. The first-order valence-electron chi connectivity index (χ1n) is 6.16. The van der Waals surface area contributed by atoms with E-state index in [9.17, 15) is 0 Å². The molecule has 0 aliphatic heterocycles. The van der Waals surface area contributed by atoms with Crippen molar-refractivity contribution < 1.29 is 4.74 Å². The van der Waals surface area contributed by atoms with Gasteiger partial charge in [-0.15, -0.1) is 0 Å². The predicted molar refractivity (Wildman–Crippen MR) is 77.5 cm³/mol. The summed E-state index contributed by atoms with van der Waals surface area (Å²) >= 11 is 1.63. The minimum absolute atomic E-state index is 0.531. The van der Waals surface area contributed by atoms with Gasteiger partial charge in [0.15, 0.2) is 5.13 Å². The maximum absolute atomic E-state index is 5.70. The smallest absolute Gasteiger partial charge is 0.183 e. The highest BCUT2D eigenvalue weighted by molar-refractivity contribution is 7.22. The number of thiazole rings is 1. The molecule has 0 spiro atoms. The summed E-state index contributed by atoms with van der Waals surface area (Å²) in [6.07, 6.45) is 0. The Morgan fingerprint density at radius 3 is 3.00 bits per heavy atom. The summed E-state index contributed by atoms with van der Waals surface area (Å²) in [6.45, 7) is 6.37. The fourth-order valence-corrected chi connectivity index (χ4v) is 2.43. The maximum Gasteiger partial charge on any atom is 0.183 e. The van der Waals surface area contributed by atoms with E-state index < -0.39 is 0 Å². The van der Waals surface area contributed by atoms with Crippen LogP contribution in [-0.2, 0) is 0 Å². The molecule has 0 saturated carbocycles. The topological polar surface area (TPSA) is 60.2 Å². The van der Waals surface area contributed by atoms with Crippen LogP contribution in [0.25, 0.3) is 10.2 Å². The van der Waals surface area contributed by atoms with E-state index in [1.807, 2.05) is 18.2 Å². The lowest BCUT2D eigenvalue weighted by atomic mass is 10.2. The molecule has 1 aromatic carbocycles. The molecule has 4 nitrogen and oxygen atoms in total. The normalized spacial score (nSPS) is 11.1. The van der Waals surface area contributed by atoms with Crippen molar-refractivity contribution in [1.29, 1.82) is 0 Å². The van der Waals surface area contributed by atoms with E-state index in [1.54, 1.807) is 11.3 Å². The number of nitrogens with zero attached hydrogens (tertiary/aromatic N) is 1. The van der Waals surface area contributed by atoms with Gasteiger partial charge in [-0.1, -0.05) is 25.2 Å². The molecule has 0 radical (unpaired) electrons. The fourth-order valence-electron chi connectivity index (χ4n) is 1.51. The molecule has 0 saturated heterocycles. The second-order valence-electron chi connectivity index (χ2n) is 4.57. The van der Waals surface area contributed by atoms with Crippen LogP contribution >= 0.6 is 11.3 Å². The standard InChI is InChI=1S/C13H19N3OS/c1-9(2)8-17-10-3-4-11-12(7-10)18-13(16-11)15-6-5-14/h3-4,7,9H,5-6,8,14H2,1-2H3,(H,15,16). The molecular formula is C13H19N3OS. The molecule has 0 fully saturated rings. The van der Waals surface area contributed by atoms with Gasteiger partial charge in [0.25, 0.3) is 0 Å². The van der Waals surface area contributed by atoms with Crippen LogP contribution in [-0.4, -0.2) is 24.7 Å². The van der Waals surface area contributed by atoms with Gasteiger partial charge >= 0.3 is 0 Å². The van der Waals surface area contributed by atoms with Crippen molar-refractivity contribution in [2.45, 2.75) is 13.8 Å². The molecule has 0 atom stereocenters. The van der Waals surface area contributed by atoms with E-state index in [4.69, 9.17) is 10.5 Å². The first kappa shape index (κ1) is 13.1. The molecule has 1 aromatic heterocycles. The Bertz CT molecular complexity index is 510. The Hall–Kier alpha value is -1.33. The number of hydrogen-bond donors (Lipinski definition) is 2. The van der Waals surface area contributed by atoms with Crippen LogP contribution in [0.15, 0.2) is 18.2 Å². The van der Waals surface area contributed by atoms with Crippen LogP contribution in [0.5, 0.6) is 5.75 Å². The van der Waals surface area contributed by atoms with Crippen molar-refractivity contribution in [2.24, 2.45) is 11.7 Å². The molecule has 0 amide bonds. The van der Waals surface area contributed by atoms with Crippen molar-refractivity contribution in [3.05, 3.63) is 18.2 Å². The van der Waals surface area contributed by atoms with Gasteiger partial charge in [0, 0.05) is 13.1 Å². The van der Waals surface area contributed by atoms with E-state index in [1.165, 1.54) is 0 Å². The lowest BCUT2D eigenvalue weighted by Crippen LogP contribution is -2.12. The van der Waals surface area contributed by atoms with Gasteiger partial charge in [0.2, 0.25) is 0 Å². The van der Waals surface area contributed by atoms with Crippen molar-refractivity contribution in [1.82, 2.24) is 4.98 Å². The third-order valence-corrected chi connectivity index (χ3v) is 3.34. The Morgan fingerprint density at radius 2 is 2.28 bits per heavy atom. The SMILES string of the molecule is CC(C)COc1ccc2nc(NCCN)sc2c1. The highest BCUT2D eigenvalue weighted by Gasteiger charge is 2.05. The number of aromatic nitrogens is 1. The average molecular weight is 265 g/mol. The molecule has 0 unspecified atom stereocenters. The molecule has 3 N–H and O–H groups in total. The molecular weight excluding hydrogens is 246 g/mol. The van der Waals surface area contributed by atoms with Gasteiger partial charge in [0.05, 0.1) is 16.8 Å². The van der Waals surface area contributed by atoms with Crippen LogP contribution in [0.3, 0.4) is 0 Å². The highest BCUT2D eigenvalue weighted by atomic mass is 32.1. The number of nitrogens with two attached hydrogens (primary N) is 1. The van der Waals surface area contributed by atoms with Gasteiger partial charge in [0.1, 0.15) is 5.75 Å². The summed E-state index contributed by atoms with van der Waals surface area (Å²) < 4.78 is 6.84. The summed E-state index contributed by atoms with van der Waals surface area (Å²) in [5, 5.41) is 4.11. The van der Waals surface area contributed by atoms with E-state index >= 15 is 0 Å². The number of fused-ring (bicyclic) bond motifs is 1. The van der Waals surface area contributed by atoms with Gasteiger partial charge in [-0.3, -0.25) is 0 Å². The number of hydrogen-bond acceptors (Lipinski definition) is 5. The molecule has 18 heavy (non-hydrogen) atoms. The van der Waals surface area contributed by atoms with Crippen molar-refractivity contribution in [3.8, 4) is 5.75 Å². The van der Waals surface area contributed by atoms with Crippen LogP contribution in [0.4, 0.5) is 5.13 Å². The molecule has 1 heterocycles. The van der Waals surface area contributed by atoms with Crippen molar-refractivity contribution in [2.75, 3.05) is 25.0 Å². The van der Waals surface area contributed by atoms with E-state index in [0.29, 0.717) is 12.5 Å².